The smallest absolute Gasteiger partial charge is 0.126 e. The van der Waals surface area contributed by atoms with Crippen LogP contribution in [0.5, 0.6) is 0 Å². The third-order valence-electron chi connectivity index (χ3n) is 2.84. The third kappa shape index (κ3) is 3.45. The monoisotopic (exact) mass is 321 g/mol. The van der Waals surface area contributed by atoms with Gasteiger partial charge in [0.05, 0.1) is 8.67 Å². The first-order chi connectivity index (χ1) is 9.01. The van der Waals surface area contributed by atoms with E-state index in [2.05, 4.69) is 5.32 Å². The largest absolute Gasteiger partial charge is 0.313 e. The molecule has 1 aromatic heterocycles. The van der Waals surface area contributed by atoms with Crippen LogP contribution in [0.1, 0.15) is 17.2 Å². The molecule has 0 aliphatic heterocycles. The number of rotatable bonds is 4. The molecule has 2 aromatic rings. The van der Waals surface area contributed by atoms with Gasteiger partial charge in [-0.15, -0.1) is 11.3 Å². The average Bonchev–Trinajstić information content (AvgIpc) is 2.69. The van der Waals surface area contributed by atoms with E-state index >= 15 is 0 Å². The van der Waals surface area contributed by atoms with Crippen molar-refractivity contribution in [2.45, 2.75) is 12.5 Å². The lowest BCUT2D eigenvalue weighted by atomic mass is 10.0. The fraction of sp³-hybridized carbons (Fsp3) is 0.231. The molecule has 19 heavy (non-hydrogen) atoms. The minimum atomic E-state index is -0.458. The molecular weight excluding hydrogens is 311 g/mol. The van der Waals surface area contributed by atoms with Gasteiger partial charge in [0.25, 0.3) is 0 Å². The van der Waals surface area contributed by atoms with Gasteiger partial charge in [-0.1, -0.05) is 23.2 Å². The summed E-state index contributed by atoms with van der Waals surface area (Å²) < 4.78 is 27.9. The van der Waals surface area contributed by atoms with Crippen LogP contribution >= 0.6 is 34.5 Å². The summed E-state index contributed by atoms with van der Waals surface area (Å²) in [6, 6.07) is 4.95. The van der Waals surface area contributed by atoms with Crippen molar-refractivity contribution in [3.05, 3.63) is 55.7 Å². The first-order valence-corrected chi connectivity index (χ1v) is 7.14. The van der Waals surface area contributed by atoms with Crippen LogP contribution in [0, 0.1) is 11.6 Å². The third-order valence-corrected chi connectivity index (χ3v) is 4.36. The van der Waals surface area contributed by atoms with Gasteiger partial charge in [0.15, 0.2) is 0 Å². The topological polar surface area (TPSA) is 12.0 Å². The van der Waals surface area contributed by atoms with Crippen LogP contribution in [0.25, 0.3) is 0 Å². The number of likely N-dealkylation sites (N-methyl/N-ethyl adjacent to an activating group) is 1. The van der Waals surface area contributed by atoms with E-state index in [9.17, 15) is 8.78 Å². The highest BCUT2D eigenvalue weighted by atomic mass is 35.5. The molecule has 0 aliphatic rings. The highest BCUT2D eigenvalue weighted by molar-refractivity contribution is 7.20. The maximum absolute atomic E-state index is 13.6. The molecule has 6 heteroatoms. The first kappa shape index (κ1) is 14.7. The number of hydrogen-bond donors (Lipinski definition) is 1. The van der Waals surface area contributed by atoms with Crippen LogP contribution in [-0.4, -0.2) is 7.05 Å². The van der Waals surface area contributed by atoms with Crippen LogP contribution in [0.3, 0.4) is 0 Å². The molecule has 0 fully saturated rings. The summed E-state index contributed by atoms with van der Waals surface area (Å²) in [5.74, 6) is -0.889. The van der Waals surface area contributed by atoms with Crippen molar-refractivity contribution in [3.8, 4) is 0 Å². The predicted octanol–water partition coefficient (Wildman–Crippen LogP) is 4.84. The molecular formula is C13H11Cl2F2NS. The Morgan fingerprint density at radius 1 is 1.26 bits per heavy atom. The Balaban J connectivity index is 2.29. The fourth-order valence-electron chi connectivity index (χ4n) is 1.88. The summed E-state index contributed by atoms with van der Waals surface area (Å²) in [4.78, 5) is 0. The Hall–Kier alpha value is -0.680. The summed E-state index contributed by atoms with van der Waals surface area (Å²) in [6.45, 7) is 0. The lowest BCUT2D eigenvalue weighted by Crippen LogP contribution is -2.19. The van der Waals surface area contributed by atoms with Crippen LogP contribution in [-0.2, 0) is 6.42 Å². The molecule has 0 spiro atoms. The number of halogens is 4. The van der Waals surface area contributed by atoms with E-state index in [1.54, 1.807) is 13.1 Å². The molecule has 2 rings (SSSR count). The Labute approximate surface area is 124 Å². The van der Waals surface area contributed by atoms with E-state index in [1.807, 2.05) is 0 Å². The minimum absolute atomic E-state index is 0.215. The van der Waals surface area contributed by atoms with Gasteiger partial charge in [0, 0.05) is 11.6 Å². The van der Waals surface area contributed by atoms with Gasteiger partial charge in [0.1, 0.15) is 11.6 Å². The van der Waals surface area contributed by atoms with Crippen LogP contribution in [0.2, 0.25) is 8.67 Å². The van der Waals surface area contributed by atoms with Crippen molar-refractivity contribution in [2.75, 3.05) is 7.05 Å². The summed E-state index contributed by atoms with van der Waals surface area (Å²) in [7, 11) is 1.74. The van der Waals surface area contributed by atoms with Crippen molar-refractivity contribution >= 4 is 34.5 Å². The second-order valence-electron chi connectivity index (χ2n) is 4.06. The summed E-state index contributed by atoms with van der Waals surface area (Å²) in [6.07, 6.45) is 0.298. The maximum atomic E-state index is 13.6. The molecule has 0 amide bonds. The van der Waals surface area contributed by atoms with Gasteiger partial charge in [-0.25, -0.2) is 8.78 Å². The van der Waals surface area contributed by atoms with Gasteiger partial charge in [-0.2, -0.15) is 0 Å². The highest BCUT2D eigenvalue weighted by Crippen LogP contribution is 2.36. The van der Waals surface area contributed by atoms with E-state index in [-0.39, 0.29) is 6.04 Å². The zero-order valence-electron chi connectivity index (χ0n) is 10.0. The maximum Gasteiger partial charge on any atom is 0.126 e. The van der Waals surface area contributed by atoms with Gasteiger partial charge in [-0.05, 0) is 43.3 Å². The Bertz CT molecular complexity index is 586. The average molecular weight is 322 g/mol. The Morgan fingerprint density at radius 2 is 2.00 bits per heavy atom. The molecule has 0 bridgehead atoms. The second-order valence-corrected chi connectivity index (χ2v) is 6.35. The van der Waals surface area contributed by atoms with Gasteiger partial charge in [-0.3, -0.25) is 0 Å². The molecule has 0 radical (unpaired) electrons. The SMILES string of the molecule is CNC(Cc1cc(F)ccc1F)c1cc(Cl)sc1Cl. The molecule has 1 aromatic carbocycles. The van der Waals surface area contributed by atoms with E-state index in [1.165, 1.54) is 17.4 Å². The van der Waals surface area contributed by atoms with Gasteiger partial charge >= 0.3 is 0 Å². The van der Waals surface area contributed by atoms with Crippen molar-refractivity contribution in [3.63, 3.8) is 0 Å². The number of nitrogens with one attached hydrogen (secondary N) is 1. The molecule has 1 N–H and O–H groups in total. The van der Waals surface area contributed by atoms with Crippen LogP contribution < -0.4 is 5.32 Å². The number of hydrogen-bond acceptors (Lipinski definition) is 2. The van der Waals surface area contributed by atoms with Gasteiger partial charge in [0.2, 0.25) is 0 Å². The molecule has 1 nitrogen and oxygen atoms in total. The van der Waals surface area contributed by atoms with Crippen molar-refractivity contribution in [1.29, 1.82) is 0 Å². The second kappa shape index (κ2) is 6.18. The predicted molar refractivity (Wildman–Crippen MR) is 76.2 cm³/mol. The molecule has 1 unspecified atom stereocenters. The van der Waals surface area contributed by atoms with Gasteiger partial charge < -0.3 is 5.32 Å². The lowest BCUT2D eigenvalue weighted by molar-refractivity contribution is 0.545. The number of thiophene rings is 1. The fourth-order valence-corrected chi connectivity index (χ4v) is 3.46. The molecule has 1 heterocycles. The normalized spacial score (nSPS) is 12.7. The van der Waals surface area contributed by atoms with E-state index in [0.717, 1.165) is 17.7 Å². The summed E-state index contributed by atoms with van der Waals surface area (Å²) >= 11 is 13.2. The standard InChI is InChI=1S/C13H11Cl2F2NS/c1-18-11(9-6-12(14)19-13(9)15)5-7-4-8(16)2-3-10(7)17/h2-4,6,11,18H,5H2,1H3. The van der Waals surface area contributed by atoms with E-state index < -0.39 is 11.6 Å². The zero-order chi connectivity index (χ0) is 14.0. The lowest BCUT2D eigenvalue weighted by Gasteiger charge is -2.16. The van der Waals surface area contributed by atoms with Crippen LogP contribution in [0.15, 0.2) is 24.3 Å². The van der Waals surface area contributed by atoms with E-state index in [4.69, 9.17) is 23.2 Å². The highest BCUT2D eigenvalue weighted by Gasteiger charge is 2.18. The first-order valence-electron chi connectivity index (χ1n) is 5.57. The minimum Gasteiger partial charge on any atom is -0.313 e. The molecule has 1 atom stereocenters. The molecule has 102 valence electrons. The molecule has 0 saturated carbocycles. The van der Waals surface area contributed by atoms with Crippen molar-refractivity contribution < 1.29 is 8.78 Å². The number of benzene rings is 1. The van der Waals surface area contributed by atoms with Crippen LogP contribution in [0.4, 0.5) is 8.78 Å². The van der Waals surface area contributed by atoms with Crippen molar-refractivity contribution in [1.82, 2.24) is 5.32 Å². The van der Waals surface area contributed by atoms with Crippen molar-refractivity contribution in [2.24, 2.45) is 0 Å². The molecule has 0 saturated heterocycles. The quantitative estimate of drug-likeness (QED) is 0.849. The Kier molecular flexibility index (Phi) is 4.79. The summed E-state index contributed by atoms with van der Waals surface area (Å²) in [5.41, 5.74) is 1.10. The Morgan fingerprint density at radius 3 is 2.58 bits per heavy atom. The molecule has 0 aliphatic carbocycles. The van der Waals surface area contributed by atoms with E-state index in [0.29, 0.717) is 20.7 Å². The zero-order valence-corrected chi connectivity index (χ0v) is 12.3. The summed E-state index contributed by atoms with van der Waals surface area (Å²) in [5, 5.41) is 3.04.